The molecule has 5 rings (SSSR count). The zero-order valence-corrected chi connectivity index (χ0v) is 30.3. The Morgan fingerprint density at radius 2 is 1.70 bits per heavy atom. The number of benzene rings is 1. The highest BCUT2D eigenvalue weighted by Crippen LogP contribution is 2.49. The number of hydrogen-bond acceptors (Lipinski definition) is 0. The largest absolute Gasteiger partial charge is 0.0939 e. The SMILES string of the molecule is C/C=C(C)\C=C/CC1=CC=CC=CC1C.C/C=C/C=C\C(=C/C1(c2ccc(C)cc2)C=CC=C1)C1(C)CC=CC=C1C1=CPCC=C1. The highest BCUT2D eigenvalue weighted by atomic mass is 31.1. The lowest BCUT2D eigenvalue weighted by molar-refractivity contribution is 0.496. The Morgan fingerprint density at radius 3 is 2.40 bits per heavy atom. The van der Waals surface area contributed by atoms with Crippen LogP contribution in [0.25, 0.3) is 0 Å². The third-order valence-electron chi connectivity index (χ3n) is 9.35. The molecule has 1 heterocycles. The van der Waals surface area contributed by atoms with Crippen molar-refractivity contribution in [3.63, 3.8) is 0 Å². The van der Waals surface area contributed by atoms with Crippen molar-refractivity contribution >= 4 is 8.58 Å². The van der Waals surface area contributed by atoms with Crippen molar-refractivity contribution < 1.29 is 0 Å². The van der Waals surface area contributed by atoms with Gasteiger partial charge >= 0.3 is 0 Å². The first-order valence-electron chi connectivity index (χ1n) is 17.1. The normalized spacial score (nSPS) is 24.2. The fraction of sp³-hybridized carbons (Fsp3) is 0.261. The summed E-state index contributed by atoms with van der Waals surface area (Å²) in [5, 5.41) is 0. The Balaban J connectivity index is 0.000000280. The van der Waals surface area contributed by atoms with Crippen LogP contribution in [0.15, 0.2) is 192 Å². The minimum absolute atomic E-state index is 0.0905. The van der Waals surface area contributed by atoms with E-state index in [0.717, 1.165) is 21.4 Å². The van der Waals surface area contributed by atoms with Crippen molar-refractivity contribution in [1.29, 1.82) is 0 Å². The van der Waals surface area contributed by atoms with Crippen LogP contribution in [0.5, 0.6) is 0 Å². The Morgan fingerprint density at radius 1 is 0.915 bits per heavy atom. The molecular formula is C46H53P. The van der Waals surface area contributed by atoms with Crippen molar-refractivity contribution in [2.45, 2.75) is 59.8 Å². The third-order valence-corrected chi connectivity index (χ3v) is 10.3. The van der Waals surface area contributed by atoms with Crippen LogP contribution in [0.3, 0.4) is 0 Å². The zero-order chi connectivity index (χ0) is 33.5. The van der Waals surface area contributed by atoms with Crippen molar-refractivity contribution in [3.05, 3.63) is 203 Å². The molecule has 47 heavy (non-hydrogen) atoms. The molecule has 4 aliphatic rings. The van der Waals surface area contributed by atoms with Crippen LogP contribution < -0.4 is 0 Å². The van der Waals surface area contributed by atoms with E-state index in [-0.39, 0.29) is 10.8 Å². The minimum Gasteiger partial charge on any atom is -0.0939 e. The molecule has 0 N–H and O–H groups in total. The van der Waals surface area contributed by atoms with Gasteiger partial charge in [0.25, 0.3) is 0 Å². The Hall–Kier alpha value is -3.99. The molecule has 0 fully saturated rings. The number of aryl methyl sites for hydroxylation is 1. The number of allylic oxidation sites excluding steroid dienone is 27. The van der Waals surface area contributed by atoms with Gasteiger partial charge in [0, 0.05) is 5.41 Å². The van der Waals surface area contributed by atoms with Crippen LogP contribution >= 0.6 is 8.58 Å². The smallest absolute Gasteiger partial charge is 0.0505 e. The van der Waals surface area contributed by atoms with Gasteiger partial charge in [-0.25, -0.2) is 0 Å². The van der Waals surface area contributed by atoms with Crippen molar-refractivity contribution in [2.75, 3.05) is 6.16 Å². The maximum Gasteiger partial charge on any atom is 0.0505 e. The lowest BCUT2D eigenvalue weighted by Gasteiger charge is -2.38. The summed E-state index contributed by atoms with van der Waals surface area (Å²) < 4.78 is 0. The summed E-state index contributed by atoms with van der Waals surface area (Å²) in [6.45, 7) is 13.1. The van der Waals surface area contributed by atoms with Crippen LogP contribution in [0.2, 0.25) is 0 Å². The van der Waals surface area contributed by atoms with Crippen molar-refractivity contribution in [2.24, 2.45) is 11.3 Å². The molecule has 1 heteroatoms. The second-order valence-corrected chi connectivity index (χ2v) is 14.0. The van der Waals surface area contributed by atoms with Gasteiger partial charge in [-0.05, 0) is 74.9 Å². The molecule has 0 radical (unpaired) electrons. The molecule has 3 unspecified atom stereocenters. The van der Waals surface area contributed by atoms with E-state index in [9.17, 15) is 0 Å². The van der Waals surface area contributed by atoms with E-state index in [4.69, 9.17) is 0 Å². The molecule has 0 nitrogen and oxygen atoms in total. The molecule has 0 amide bonds. The molecule has 0 saturated heterocycles. The highest BCUT2D eigenvalue weighted by molar-refractivity contribution is 7.42. The molecule has 1 aromatic carbocycles. The highest BCUT2D eigenvalue weighted by Gasteiger charge is 2.36. The summed E-state index contributed by atoms with van der Waals surface area (Å²) in [6.07, 6.45) is 52.3. The maximum absolute atomic E-state index is 2.49. The van der Waals surface area contributed by atoms with Gasteiger partial charge in [0.1, 0.15) is 0 Å². The molecule has 0 bridgehead atoms. The first-order valence-corrected chi connectivity index (χ1v) is 18.4. The molecule has 0 saturated carbocycles. The first-order chi connectivity index (χ1) is 22.8. The van der Waals surface area contributed by atoms with Gasteiger partial charge in [-0.1, -0.05) is 203 Å². The monoisotopic (exact) mass is 636 g/mol. The molecular weight excluding hydrogens is 583 g/mol. The van der Waals surface area contributed by atoms with Gasteiger partial charge in [-0.3, -0.25) is 0 Å². The van der Waals surface area contributed by atoms with Crippen LogP contribution in [0.4, 0.5) is 0 Å². The number of hydrogen-bond donors (Lipinski definition) is 0. The Labute approximate surface area is 287 Å². The van der Waals surface area contributed by atoms with E-state index in [1.807, 2.05) is 0 Å². The third kappa shape index (κ3) is 9.76. The summed E-state index contributed by atoms with van der Waals surface area (Å²) in [7, 11) is 0.868. The summed E-state index contributed by atoms with van der Waals surface area (Å²) >= 11 is 0. The average molecular weight is 637 g/mol. The topological polar surface area (TPSA) is 0 Å². The van der Waals surface area contributed by atoms with Crippen LogP contribution in [0, 0.1) is 18.3 Å². The molecule has 1 aromatic rings. The number of rotatable bonds is 9. The predicted molar refractivity (Wildman–Crippen MR) is 212 cm³/mol. The van der Waals surface area contributed by atoms with E-state index < -0.39 is 0 Å². The molecule has 3 aliphatic carbocycles. The molecule has 1 aliphatic heterocycles. The fourth-order valence-electron chi connectivity index (χ4n) is 6.19. The van der Waals surface area contributed by atoms with Crippen LogP contribution in [-0.4, -0.2) is 6.16 Å². The molecule has 3 atom stereocenters. The standard InChI is InChI=1S/C31H33P.C15H20/c1-4-5-6-13-28(23-31(20-9-10-21-31)27-17-15-25(2)16-18-27)30(3)19-8-7-14-29(30)26-12-11-22-32-24-26;1-4-13(2)9-8-12-15-11-7-5-6-10-14(15)3/h4-18,20-21,23-24,32H,19,22H2,1-3H3;4-11,14H,12H2,1-3H3/b5-4+,13-6-,28-23+;9-8-,13-4-. The molecule has 0 aromatic heterocycles. The van der Waals surface area contributed by atoms with Crippen molar-refractivity contribution in [1.82, 2.24) is 0 Å². The Kier molecular flexibility index (Phi) is 13.6. The molecule has 242 valence electrons. The summed E-state index contributed by atoms with van der Waals surface area (Å²) in [5.41, 5.74) is 9.24. The van der Waals surface area contributed by atoms with Crippen LogP contribution in [-0.2, 0) is 5.41 Å². The van der Waals surface area contributed by atoms with Gasteiger partial charge in [0.05, 0.1) is 5.41 Å². The van der Waals surface area contributed by atoms with Gasteiger partial charge in [0.15, 0.2) is 0 Å². The van der Waals surface area contributed by atoms with Gasteiger partial charge in [0.2, 0.25) is 0 Å². The first kappa shape index (κ1) is 35.9. The fourth-order valence-corrected chi connectivity index (χ4v) is 7.03. The van der Waals surface area contributed by atoms with Gasteiger partial charge in [-0.2, -0.15) is 0 Å². The zero-order valence-electron chi connectivity index (χ0n) is 29.3. The van der Waals surface area contributed by atoms with E-state index in [1.54, 1.807) is 0 Å². The quantitative estimate of drug-likeness (QED) is 0.187. The summed E-state index contributed by atoms with van der Waals surface area (Å²) in [5.74, 6) is 2.98. The summed E-state index contributed by atoms with van der Waals surface area (Å²) in [6, 6.07) is 8.98. The van der Waals surface area contributed by atoms with Gasteiger partial charge < -0.3 is 0 Å². The second-order valence-electron chi connectivity index (χ2n) is 12.9. The lowest BCUT2D eigenvalue weighted by atomic mass is 9.66. The summed E-state index contributed by atoms with van der Waals surface area (Å²) in [4.78, 5) is 0. The maximum atomic E-state index is 2.49. The van der Waals surface area contributed by atoms with E-state index in [2.05, 4.69) is 205 Å². The lowest BCUT2D eigenvalue weighted by Crippen LogP contribution is -2.27. The van der Waals surface area contributed by atoms with Crippen molar-refractivity contribution in [3.8, 4) is 0 Å². The van der Waals surface area contributed by atoms with E-state index in [0.29, 0.717) is 5.92 Å². The predicted octanol–water partition coefficient (Wildman–Crippen LogP) is 13.0. The Bertz CT molecular complexity index is 1650. The van der Waals surface area contributed by atoms with E-state index >= 15 is 0 Å². The van der Waals surface area contributed by atoms with Crippen LogP contribution in [0.1, 0.15) is 58.6 Å². The van der Waals surface area contributed by atoms with E-state index in [1.165, 1.54) is 45.2 Å². The minimum atomic E-state index is -0.225. The second kappa shape index (κ2) is 17.8. The molecule has 0 spiro atoms. The van der Waals surface area contributed by atoms with Gasteiger partial charge in [-0.15, -0.1) is 0 Å². The average Bonchev–Trinajstić information content (AvgIpc) is 3.48.